The SMILES string of the molecule is Cc1cc(C)cc(NC(=O)c2ccc(-c3cccc(Cl)c3Cl)o2)c1. The molecule has 24 heavy (non-hydrogen) atoms. The molecule has 2 aromatic carbocycles. The smallest absolute Gasteiger partial charge is 0.291 e. The van der Waals surface area contributed by atoms with Crippen molar-refractivity contribution < 1.29 is 9.21 Å². The van der Waals surface area contributed by atoms with Crippen LogP contribution in [0.15, 0.2) is 52.9 Å². The maximum absolute atomic E-state index is 12.4. The number of carbonyl (C=O) groups excluding carboxylic acids is 1. The van der Waals surface area contributed by atoms with Crippen LogP contribution in [0.3, 0.4) is 0 Å². The first-order chi connectivity index (χ1) is 11.4. The van der Waals surface area contributed by atoms with Crippen molar-refractivity contribution in [2.45, 2.75) is 13.8 Å². The van der Waals surface area contributed by atoms with Crippen LogP contribution in [0, 0.1) is 13.8 Å². The van der Waals surface area contributed by atoms with Crippen LogP contribution in [0.2, 0.25) is 10.0 Å². The van der Waals surface area contributed by atoms with Crippen molar-refractivity contribution in [1.29, 1.82) is 0 Å². The lowest BCUT2D eigenvalue weighted by Crippen LogP contribution is -2.11. The standard InChI is InChI=1S/C19H15Cl2NO2/c1-11-8-12(2)10-13(9-11)22-19(23)17-7-6-16(24-17)14-4-3-5-15(20)18(14)21/h3-10H,1-2H3,(H,22,23). The minimum absolute atomic E-state index is 0.209. The van der Waals surface area contributed by atoms with Gasteiger partial charge in [0.05, 0.1) is 10.0 Å². The van der Waals surface area contributed by atoms with E-state index in [1.807, 2.05) is 32.0 Å². The molecular weight excluding hydrogens is 345 g/mol. The number of aryl methyl sites for hydroxylation is 2. The van der Waals surface area contributed by atoms with E-state index in [0.717, 1.165) is 16.8 Å². The zero-order valence-electron chi connectivity index (χ0n) is 13.2. The summed E-state index contributed by atoms with van der Waals surface area (Å²) in [5.41, 5.74) is 3.54. The summed E-state index contributed by atoms with van der Waals surface area (Å²) in [6.07, 6.45) is 0. The van der Waals surface area contributed by atoms with Crippen molar-refractivity contribution in [1.82, 2.24) is 0 Å². The number of nitrogens with one attached hydrogen (secondary N) is 1. The number of halogens is 2. The molecule has 1 N–H and O–H groups in total. The van der Waals surface area contributed by atoms with Gasteiger partial charge in [-0.05, 0) is 61.4 Å². The number of furan rings is 1. The van der Waals surface area contributed by atoms with Gasteiger partial charge in [0, 0.05) is 11.3 Å². The number of anilines is 1. The molecule has 1 amide bonds. The van der Waals surface area contributed by atoms with E-state index in [0.29, 0.717) is 21.4 Å². The van der Waals surface area contributed by atoms with E-state index >= 15 is 0 Å². The Kier molecular flexibility index (Phi) is 4.65. The fraction of sp³-hybridized carbons (Fsp3) is 0.105. The van der Waals surface area contributed by atoms with Crippen LogP contribution in [0.4, 0.5) is 5.69 Å². The number of amides is 1. The average Bonchev–Trinajstić information content (AvgIpc) is 2.98. The van der Waals surface area contributed by atoms with E-state index in [1.54, 1.807) is 30.3 Å². The van der Waals surface area contributed by atoms with E-state index < -0.39 is 0 Å². The first kappa shape index (κ1) is 16.6. The fourth-order valence-corrected chi connectivity index (χ4v) is 2.93. The lowest BCUT2D eigenvalue weighted by atomic mass is 10.1. The summed E-state index contributed by atoms with van der Waals surface area (Å²) in [6.45, 7) is 3.96. The second-order valence-electron chi connectivity index (χ2n) is 5.60. The lowest BCUT2D eigenvalue weighted by molar-refractivity contribution is 0.0997. The predicted molar refractivity (Wildman–Crippen MR) is 98.0 cm³/mol. The van der Waals surface area contributed by atoms with E-state index in [-0.39, 0.29) is 11.7 Å². The van der Waals surface area contributed by atoms with Gasteiger partial charge in [-0.15, -0.1) is 0 Å². The lowest BCUT2D eigenvalue weighted by Gasteiger charge is -2.06. The molecule has 5 heteroatoms. The van der Waals surface area contributed by atoms with Crippen LogP contribution in [-0.2, 0) is 0 Å². The summed E-state index contributed by atoms with van der Waals surface area (Å²) in [4.78, 5) is 12.4. The van der Waals surface area contributed by atoms with Gasteiger partial charge in [0.1, 0.15) is 5.76 Å². The molecule has 3 aromatic rings. The van der Waals surface area contributed by atoms with Crippen LogP contribution in [0.5, 0.6) is 0 Å². The highest BCUT2D eigenvalue weighted by molar-refractivity contribution is 6.43. The number of rotatable bonds is 3. The quantitative estimate of drug-likeness (QED) is 0.611. The molecular formula is C19H15Cl2NO2. The van der Waals surface area contributed by atoms with Gasteiger partial charge in [-0.2, -0.15) is 0 Å². The van der Waals surface area contributed by atoms with Crippen LogP contribution in [0.1, 0.15) is 21.7 Å². The molecule has 1 heterocycles. The summed E-state index contributed by atoms with van der Waals surface area (Å²) in [5.74, 6) is 0.387. The Labute approximate surface area is 150 Å². The Hall–Kier alpha value is -2.23. The number of hydrogen-bond acceptors (Lipinski definition) is 2. The molecule has 0 spiro atoms. The van der Waals surface area contributed by atoms with Crippen molar-refractivity contribution in [3.63, 3.8) is 0 Å². The van der Waals surface area contributed by atoms with Crippen LogP contribution < -0.4 is 5.32 Å². The highest BCUT2D eigenvalue weighted by Crippen LogP contribution is 2.34. The highest BCUT2D eigenvalue weighted by Gasteiger charge is 2.15. The predicted octanol–water partition coefficient (Wildman–Crippen LogP) is 6.12. The van der Waals surface area contributed by atoms with Gasteiger partial charge < -0.3 is 9.73 Å². The minimum atomic E-state index is -0.315. The Balaban J connectivity index is 1.85. The van der Waals surface area contributed by atoms with Gasteiger partial charge in [0.2, 0.25) is 0 Å². The second-order valence-corrected chi connectivity index (χ2v) is 6.38. The van der Waals surface area contributed by atoms with Crippen molar-refractivity contribution in [3.8, 4) is 11.3 Å². The summed E-state index contributed by atoms with van der Waals surface area (Å²) in [5, 5.41) is 3.67. The van der Waals surface area contributed by atoms with Crippen LogP contribution in [-0.4, -0.2) is 5.91 Å². The summed E-state index contributed by atoms with van der Waals surface area (Å²) in [6, 6.07) is 14.4. The van der Waals surface area contributed by atoms with E-state index in [1.165, 1.54) is 0 Å². The van der Waals surface area contributed by atoms with E-state index in [4.69, 9.17) is 27.6 Å². The third-order valence-corrected chi connectivity index (χ3v) is 4.35. The zero-order valence-corrected chi connectivity index (χ0v) is 14.7. The largest absolute Gasteiger partial charge is 0.451 e. The molecule has 1 aromatic heterocycles. The summed E-state index contributed by atoms with van der Waals surface area (Å²) < 4.78 is 5.64. The third kappa shape index (κ3) is 3.48. The molecule has 0 saturated heterocycles. The summed E-state index contributed by atoms with van der Waals surface area (Å²) >= 11 is 12.2. The van der Waals surface area contributed by atoms with E-state index in [2.05, 4.69) is 5.32 Å². The van der Waals surface area contributed by atoms with Crippen LogP contribution >= 0.6 is 23.2 Å². The fourth-order valence-electron chi connectivity index (χ4n) is 2.54. The molecule has 0 aliphatic heterocycles. The molecule has 0 aliphatic rings. The highest BCUT2D eigenvalue weighted by atomic mass is 35.5. The van der Waals surface area contributed by atoms with Crippen molar-refractivity contribution in [2.24, 2.45) is 0 Å². The van der Waals surface area contributed by atoms with Gasteiger partial charge in [0.25, 0.3) is 5.91 Å². The van der Waals surface area contributed by atoms with Gasteiger partial charge in [-0.1, -0.05) is 35.3 Å². The number of carbonyl (C=O) groups is 1. The van der Waals surface area contributed by atoms with Gasteiger partial charge >= 0.3 is 0 Å². The molecule has 3 rings (SSSR count). The van der Waals surface area contributed by atoms with Crippen molar-refractivity contribution >= 4 is 34.8 Å². The summed E-state index contributed by atoms with van der Waals surface area (Å²) in [7, 11) is 0. The maximum Gasteiger partial charge on any atom is 0.291 e. The van der Waals surface area contributed by atoms with Gasteiger partial charge in [-0.25, -0.2) is 0 Å². The molecule has 0 bridgehead atoms. The number of hydrogen-bond donors (Lipinski definition) is 1. The first-order valence-corrected chi connectivity index (χ1v) is 8.13. The molecule has 0 saturated carbocycles. The maximum atomic E-state index is 12.4. The Bertz CT molecular complexity index is 895. The van der Waals surface area contributed by atoms with Crippen LogP contribution in [0.25, 0.3) is 11.3 Å². The Morgan fingerprint density at radius 2 is 1.71 bits per heavy atom. The first-order valence-electron chi connectivity index (χ1n) is 7.38. The van der Waals surface area contributed by atoms with E-state index in [9.17, 15) is 4.79 Å². The molecule has 122 valence electrons. The molecule has 0 unspecified atom stereocenters. The van der Waals surface area contributed by atoms with Crippen molar-refractivity contribution in [2.75, 3.05) is 5.32 Å². The average molecular weight is 360 g/mol. The topological polar surface area (TPSA) is 42.2 Å². The number of benzene rings is 2. The molecule has 0 atom stereocenters. The molecule has 0 radical (unpaired) electrons. The zero-order chi connectivity index (χ0) is 17.3. The Morgan fingerprint density at radius 3 is 2.42 bits per heavy atom. The van der Waals surface area contributed by atoms with Crippen molar-refractivity contribution in [3.05, 3.63) is 75.5 Å². The minimum Gasteiger partial charge on any atom is -0.451 e. The monoisotopic (exact) mass is 359 g/mol. The molecule has 3 nitrogen and oxygen atoms in total. The second kappa shape index (κ2) is 6.71. The molecule has 0 aliphatic carbocycles. The Morgan fingerprint density at radius 1 is 1.00 bits per heavy atom. The third-order valence-electron chi connectivity index (χ3n) is 3.53. The van der Waals surface area contributed by atoms with Gasteiger partial charge in [-0.3, -0.25) is 4.79 Å². The normalized spacial score (nSPS) is 10.7. The van der Waals surface area contributed by atoms with Gasteiger partial charge in [0.15, 0.2) is 5.76 Å². The molecule has 0 fully saturated rings.